The van der Waals surface area contributed by atoms with Crippen LogP contribution in [0.4, 0.5) is 0 Å². The maximum Gasteiger partial charge on any atom is 0.122 e. The standard InChI is InChI=1S/C24H24O/c1-5-6-19-7-9-20(10-8-19)21-11-13-22(14-12-21)23-15-16-24(25-4)18(3)17(23)2/h5-16H,1-4H3/b6-5+. The van der Waals surface area contributed by atoms with Gasteiger partial charge in [-0.3, -0.25) is 0 Å². The van der Waals surface area contributed by atoms with E-state index in [0.717, 1.165) is 5.75 Å². The van der Waals surface area contributed by atoms with Gasteiger partial charge in [0.05, 0.1) is 7.11 Å². The summed E-state index contributed by atoms with van der Waals surface area (Å²) < 4.78 is 5.42. The SMILES string of the molecule is C/C=C/c1ccc(-c2ccc(-c3ccc(OC)c(C)c3C)cc2)cc1. The van der Waals surface area contributed by atoms with E-state index in [1.165, 1.54) is 38.9 Å². The number of hydrogen-bond donors (Lipinski definition) is 0. The monoisotopic (exact) mass is 328 g/mol. The molecule has 0 aromatic heterocycles. The van der Waals surface area contributed by atoms with Gasteiger partial charge in [0.1, 0.15) is 5.75 Å². The molecule has 0 heterocycles. The molecule has 0 unspecified atom stereocenters. The first kappa shape index (κ1) is 17.0. The van der Waals surface area contributed by atoms with Crippen molar-refractivity contribution in [1.29, 1.82) is 0 Å². The fourth-order valence-corrected chi connectivity index (χ4v) is 3.15. The second kappa shape index (κ2) is 7.40. The van der Waals surface area contributed by atoms with Crippen LogP contribution in [0, 0.1) is 13.8 Å². The number of ether oxygens (including phenoxy) is 1. The van der Waals surface area contributed by atoms with Gasteiger partial charge in [-0.25, -0.2) is 0 Å². The Morgan fingerprint density at radius 2 is 1.24 bits per heavy atom. The van der Waals surface area contributed by atoms with Crippen molar-refractivity contribution >= 4 is 6.08 Å². The van der Waals surface area contributed by atoms with Gasteiger partial charge in [0, 0.05) is 0 Å². The van der Waals surface area contributed by atoms with Gasteiger partial charge in [0.2, 0.25) is 0 Å². The lowest BCUT2D eigenvalue weighted by Crippen LogP contribution is -1.93. The molecule has 0 spiro atoms. The van der Waals surface area contributed by atoms with Crippen molar-refractivity contribution in [1.82, 2.24) is 0 Å². The first-order valence-electron chi connectivity index (χ1n) is 8.62. The van der Waals surface area contributed by atoms with Crippen LogP contribution in [0.3, 0.4) is 0 Å². The summed E-state index contributed by atoms with van der Waals surface area (Å²) in [5, 5.41) is 0. The third-order valence-corrected chi connectivity index (χ3v) is 4.76. The topological polar surface area (TPSA) is 9.23 Å². The van der Waals surface area contributed by atoms with Crippen LogP contribution in [0.1, 0.15) is 23.6 Å². The fraction of sp³-hybridized carbons (Fsp3) is 0.167. The Morgan fingerprint density at radius 1 is 0.680 bits per heavy atom. The Hall–Kier alpha value is -2.80. The molecule has 0 aliphatic rings. The van der Waals surface area contributed by atoms with Gasteiger partial charge >= 0.3 is 0 Å². The molecule has 0 saturated carbocycles. The lowest BCUT2D eigenvalue weighted by atomic mass is 9.94. The molecule has 126 valence electrons. The summed E-state index contributed by atoms with van der Waals surface area (Å²) in [5.41, 5.74) is 8.66. The summed E-state index contributed by atoms with van der Waals surface area (Å²) in [6.07, 6.45) is 4.17. The molecule has 25 heavy (non-hydrogen) atoms. The van der Waals surface area contributed by atoms with E-state index >= 15 is 0 Å². The van der Waals surface area contributed by atoms with Gasteiger partial charge < -0.3 is 4.74 Å². The minimum atomic E-state index is 0.944. The Morgan fingerprint density at radius 3 is 1.80 bits per heavy atom. The summed E-state index contributed by atoms with van der Waals surface area (Å²) in [4.78, 5) is 0. The molecule has 0 bridgehead atoms. The zero-order chi connectivity index (χ0) is 17.8. The van der Waals surface area contributed by atoms with Crippen LogP contribution in [0.5, 0.6) is 5.75 Å². The third-order valence-electron chi connectivity index (χ3n) is 4.76. The molecule has 3 rings (SSSR count). The van der Waals surface area contributed by atoms with Gasteiger partial charge in [0.25, 0.3) is 0 Å². The number of allylic oxidation sites excluding steroid dienone is 1. The van der Waals surface area contributed by atoms with E-state index in [-0.39, 0.29) is 0 Å². The molecule has 0 atom stereocenters. The molecule has 0 aliphatic carbocycles. The van der Waals surface area contributed by atoms with Crippen LogP contribution in [0.25, 0.3) is 28.3 Å². The minimum Gasteiger partial charge on any atom is -0.496 e. The van der Waals surface area contributed by atoms with E-state index in [1.807, 2.05) is 13.0 Å². The van der Waals surface area contributed by atoms with Gasteiger partial charge in [-0.2, -0.15) is 0 Å². The van der Waals surface area contributed by atoms with Gasteiger partial charge in [0.15, 0.2) is 0 Å². The van der Waals surface area contributed by atoms with Crippen molar-refractivity contribution in [2.45, 2.75) is 20.8 Å². The molecule has 3 aromatic carbocycles. The van der Waals surface area contributed by atoms with E-state index in [9.17, 15) is 0 Å². The molecule has 0 N–H and O–H groups in total. The molecule has 0 saturated heterocycles. The van der Waals surface area contributed by atoms with Crippen LogP contribution in [0.15, 0.2) is 66.7 Å². The quantitative estimate of drug-likeness (QED) is 0.519. The Bertz CT molecular complexity index is 885. The first-order valence-corrected chi connectivity index (χ1v) is 8.62. The lowest BCUT2D eigenvalue weighted by Gasteiger charge is -2.13. The van der Waals surface area contributed by atoms with E-state index < -0.39 is 0 Å². The normalized spacial score (nSPS) is 11.0. The van der Waals surface area contributed by atoms with Crippen LogP contribution >= 0.6 is 0 Å². The minimum absolute atomic E-state index is 0.944. The van der Waals surface area contributed by atoms with Crippen molar-refractivity contribution in [3.8, 4) is 28.0 Å². The summed E-state index contributed by atoms with van der Waals surface area (Å²) in [5.74, 6) is 0.944. The summed E-state index contributed by atoms with van der Waals surface area (Å²) in [6, 6.07) is 21.6. The third kappa shape index (κ3) is 3.51. The highest BCUT2D eigenvalue weighted by Crippen LogP contribution is 2.32. The van der Waals surface area contributed by atoms with Crippen molar-refractivity contribution in [2.24, 2.45) is 0 Å². The predicted molar refractivity (Wildman–Crippen MR) is 108 cm³/mol. The lowest BCUT2D eigenvalue weighted by molar-refractivity contribution is 0.411. The van der Waals surface area contributed by atoms with Crippen LogP contribution in [-0.2, 0) is 0 Å². The average molecular weight is 328 g/mol. The summed E-state index contributed by atoms with van der Waals surface area (Å²) in [6.45, 7) is 6.30. The smallest absolute Gasteiger partial charge is 0.122 e. The molecule has 0 radical (unpaired) electrons. The maximum absolute atomic E-state index is 5.42. The zero-order valence-electron chi connectivity index (χ0n) is 15.3. The van der Waals surface area contributed by atoms with Crippen molar-refractivity contribution in [3.63, 3.8) is 0 Å². The van der Waals surface area contributed by atoms with Gasteiger partial charge in [-0.05, 0) is 65.8 Å². The second-order valence-electron chi connectivity index (χ2n) is 6.26. The van der Waals surface area contributed by atoms with E-state index in [1.54, 1.807) is 7.11 Å². The first-order chi connectivity index (χ1) is 12.1. The highest BCUT2D eigenvalue weighted by Gasteiger charge is 2.08. The summed E-state index contributed by atoms with van der Waals surface area (Å²) >= 11 is 0. The zero-order valence-corrected chi connectivity index (χ0v) is 15.3. The highest BCUT2D eigenvalue weighted by atomic mass is 16.5. The van der Waals surface area contributed by atoms with Crippen molar-refractivity contribution in [2.75, 3.05) is 7.11 Å². The number of benzene rings is 3. The van der Waals surface area contributed by atoms with E-state index in [2.05, 4.69) is 80.6 Å². The number of hydrogen-bond acceptors (Lipinski definition) is 1. The Labute approximate surface area is 150 Å². The largest absolute Gasteiger partial charge is 0.496 e. The predicted octanol–water partition coefficient (Wildman–Crippen LogP) is 6.68. The van der Waals surface area contributed by atoms with Gasteiger partial charge in [-0.1, -0.05) is 66.7 Å². The number of methoxy groups -OCH3 is 1. The van der Waals surface area contributed by atoms with Crippen LogP contribution < -0.4 is 4.74 Å². The second-order valence-corrected chi connectivity index (χ2v) is 6.26. The molecule has 1 heteroatoms. The molecule has 0 fully saturated rings. The van der Waals surface area contributed by atoms with Crippen LogP contribution in [-0.4, -0.2) is 7.11 Å². The average Bonchev–Trinajstić information content (AvgIpc) is 2.65. The van der Waals surface area contributed by atoms with Crippen molar-refractivity contribution < 1.29 is 4.74 Å². The van der Waals surface area contributed by atoms with E-state index in [0.29, 0.717) is 0 Å². The Balaban J connectivity index is 1.91. The van der Waals surface area contributed by atoms with Crippen molar-refractivity contribution in [3.05, 3.63) is 83.4 Å². The molecular weight excluding hydrogens is 304 g/mol. The fourth-order valence-electron chi connectivity index (χ4n) is 3.15. The molecular formula is C24H24O. The molecule has 0 aliphatic heterocycles. The Kier molecular flexibility index (Phi) is 5.04. The van der Waals surface area contributed by atoms with Gasteiger partial charge in [-0.15, -0.1) is 0 Å². The molecule has 3 aromatic rings. The van der Waals surface area contributed by atoms with Crippen LogP contribution in [0.2, 0.25) is 0 Å². The summed E-state index contributed by atoms with van der Waals surface area (Å²) in [7, 11) is 1.72. The number of rotatable bonds is 4. The van der Waals surface area contributed by atoms with E-state index in [4.69, 9.17) is 4.74 Å². The maximum atomic E-state index is 5.42. The molecule has 1 nitrogen and oxygen atoms in total. The highest BCUT2D eigenvalue weighted by molar-refractivity contribution is 5.74. The molecule has 0 amide bonds.